The van der Waals surface area contributed by atoms with Crippen LogP contribution in [0.25, 0.3) is 0 Å². The highest BCUT2D eigenvalue weighted by Gasteiger charge is 1.60. The summed E-state index contributed by atoms with van der Waals surface area (Å²) in [5, 5.41) is 2.90. The van der Waals surface area contributed by atoms with E-state index in [2.05, 4.69) is 5.32 Å². The van der Waals surface area contributed by atoms with Gasteiger partial charge in [-0.3, -0.25) is 0 Å². The normalized spacial score (nSPS) is 10.2. The van der Waals surface area contributed by atoms with Crippen LogP contribution in [-0.4, -0.2) is 21.4 Å². The Labute approximate surface area is 39.8 Å². The van der Waals surface area contributed by atoms with Crippen molar-refractivity contribution in [2.45, 2.75) is 0 Å². The zero-order valence-electron chi connectivity index (χ0n) is 3.94. The Hall–Kier alpha value is -0.235. The van der Waals surface area contributed by atoms with Gasteiger partial charge in [0, 0.05) is 6.54 Å². The minimum Gasteiger partial charge on any atom is -0.316 e. The van der Waals surface area contributed by atoms with Crippen LogP contribution in [0.1, 0.15) is 0 Å². The van der Waals surface area contributed by atoms with Crippen molar-refractivity contribution in [3.05, 3.63) is 12.1 Å². The third kappa shape index (κ3) is 3.76. The van der Waals surface area contributed by atoms with Crippen molar-refractivity contribution in [1.29, 1.82) is 0 Å². The first kappa shape index (κ1) is 5.76. The quantitative estimate of drug-likeness (QED) is 0.457. The predicted octanol–water partition coefficient (Wildman–Crippen LogP) is -0.112. The Bertz CT molecular complexity index is 42.8. The Morgan fingerprint density at radius 3 is 2.67 bits per heavy atom. The van der Waals surface area contributed by atoms with Gasteiger partial charge in [0.05, 0.1) is 0 Å². The monoisotopic (exact) mass is 81.1 g/mol. The molecule has 0 spiro atoms. The van der Waals surface area contributed by atoms with Crippen molar-refractivity contribution in [2.75, 3.05) is 13.6 Å². The zero-order chi connectivity index (χ0) is 4.83. The molecule has 0 saturated heterocycles. The highest BCUT2D eigenvalue weighted by atomic mass is 14.8. The van der Waals surface area contributed by atoms with Gasteiger partial charge in [-0.05, 0) is 7.05 Å². The number of rotatable bonds is 2. The van der Waals surface area contributed by atoms with Gasteiger partial charge in [0.25, 0.3) is 0 Å². The van der Waals surface area contributed by atoms with E-state index in [0.717, 1.165) is 6.54 Å². The molecule has 6 heavy (non-hydrogen) atoms. The average molecular weight is 80.9 g/mol. The number of hydrogen-bond donors (Lipinski definition) is 1. The van der Waals surface area contributed by atoms with Gasteiger partial charge in [-0.1, -0.05) is 6.08 Å². The summed E-state index contributed by atoms with van der Waals surface area (Å²) >= 11 is 0. The van der Waals surface area contributed by atoms with Crippen LogP contribution in [0.15, 0.2) is 12.1 Å². The first-order valence-corrected chi connectivity index (χ1v) is 1.93. The molecule has 0 aromatic carbocycles. The van der Waals surface area contributed by atoms with E-state index in [1.54, 1.807) is 0 Å². The molecule has 0 saturated carbocycles. The summed E-state index contributed by atoms with van der Waals surface area (Å²) < 4.78 is 0. The van der Waals surface area contributed by atoms with Crippen LogP contribution in [0.5, 0.6) is 0 Å². The van der Waals surface area contributed by atoms with Crippen molar-refractivity contribution < 1.29 is 0 Å². The van der Waals surface area contributed by atoms with E-state index in [4.69, 9.17) is 7.85 Å². The highest BCUT2D eigenvalue weighted by Crippen LogP contribution is 1.56. The van der Waals surface area contributed by atoms with Gasteiger partial charge in [-0.25, -0.2) is 0 Å². The molecule has 2 heteroatoms. The molecule has 0 aromatic heterocycles. The van der Waals surface area contributed by atoms with Crippen molar-refractivity contribution in [2.24, 2.45) is 0 Å². The van der Waals surface area contributed by atoms with E-state index in [1.807, 2.05) is 13.1 Å². The minimum atomic E-state index is 0.858. The molecule has 0 amide bonds. The lowest BCUT2D eigenvalue weighted by Crippen LogP contribution is -2.03. The van der Waals surface area contributed by atoms with Crippen LogP contribution >= 0.6 is 0 Å². The lowest BCUT2D eigenvalue weighted by Gasteiger charge is -1.82. The van der Waals surface area contributed by atoms with Gasteiger partial charge in [0.15, 0.2) is 0 Å². The zero-order valence-corrected chi connectivity index (χ0v) is 3.94. The number of nitrogens with one attached hydrogen (secondary N) is 1. The van der Waals surface area contributed by atoms with Gasteiger partial charge in [0.2, 0.25) is 0 Å². The third-order valence-corrected chi connectivity index (χ3v) is 0.458. The fourth-order valence-electron chi connectivity index (χ4n) is 0.186. The molecule has 32 valence electrons. The van der Waals surface area contributed by atoms with E-state index in [-0.39, 0.29) is 0 Å². The minimum absolute atomic E-state index is 0.858. The molecule has 0 aliphatic carbocycles. The van der Waals surface area contributed by atoms with Crippen molar-refractivity contribution >= 4 is 7.85 Å². The van der Waals surface area contributed by atoms with Crippen molar-refractivity contribution in [3.8, 4) is 0 Å². The average Bonchev–Trinajstić information content (AvgIpc) is 1.61. The second kappa shape index (κ2) is 4.76. The molecule has 1 N–H and O–H groups in total. The van der Waals surface area contributed by atoms with Gasteiger partial charge in [-0.15, -0.1) is 5.98 Å². The maximum Gasteiger partial charge on any atom is 0.102 e. The molecule has 0 atom stereocenters. The molecule has 0 bridgehead atoms. The van der Waals surface area contributed by atoms with E-state index in [1.165, 1.54) is 5.98 Å². The Balaban J connectivity index is 2.66. The maximum atomic E-state index is 4.99. The van der Waals surface area contributed by atoms with Crippen LogP contribution in [0.2, 0.25) is 0 Å². The highest BCUT2D eigenvalue weighted by molar-refractivity contribution is 6.16. The SMILES string of the molecule is [B]/C=C/CNC. The van der Waals surface area contributed by atoms with E-state index < -0.39 is 0 Å². The molecular weight excluding hydrogens is 72.9 g/mol. The molecule has 0 aliphatic heterocycles. The number of hydrogen-bond acceptors (Lipinski definition) is 1. The number of likely N-dealkylation sites (N-methyl/N-ethyl adjacent to an activating group) is 1. The van der Waals surface area contributed by atoms with Crippen LogP contribution < -0.4 is 5.32 Å². The second-order valence-corrected chi connectivity index (χ2v) is 0.986. The summed E-state index contributed by atoms with van der Waals surface area (Å²) in [4.78, 5) is 0. The molecule has 0 rings (SSSR count). The first-order chi connectivity index (χ1) is 2.91. The summed E-state index contributed by atoms with van der Waals surface area (Å²) in [7, 11) is 6.87. The molecule has 0 fully saturated rings. The van der Waals surface area contributed by atoms with E-state index in [0.29, 0.717) is 0 Å². The fourth-order valence-corrected chi connectivity index (χ4v) is 0.186. The summed E-state index contributed by atoms with van der Waals surface area (Å²) in [6, 6.07) is 0. The molecule has 0 heterocycles. The molecule has 0 aromatic rings. The molecule has 2 radical (unpaired) electrons. The van der Waals surface area contributed by atoms with Gasteiger partial charge in [-0.2, -0.15) is 0 Å². The predicted molar refractivity (Wildman–Crippen MR) is 28.8 cm³/mol. The van der Waals surface area contributed by atoms with E-state index in [9.17, 15) is 0 Å². The smallest absolute Gasteiger partial charge is 0.102 e. The Morgan fingerprint density at radius 1 is 1.83 bits per heavy atom. The molecule has 0 aliphatic rings. The van der Waals surface area contributed by atoms with Crippen LogP contribution in [0, 0.1) is 0 Å². The summed E-state index contributed by atoms with van der Waals surface area (Å²) in [6.07, 6.45) is 1.85. The van der Waals surface area contributed by atoms with Crippen LogP contribution in [0.3, 0.4) is 0 Å². The molecular formula is C4H8BN. The summed E-state index contributed by atoms with van der Waals surface area (Å²) in [5.74, 6) is 1.52. The molecule has 0 unspecified atom stereocenters. The van der Waals surface area contributed by atoms with Crippen molar-refractivity contribution in [3.63, 3.8) is 0 Å². The topological polar surface area (TPSA) is 12.0 Å². The maximum absolute atomic E-state index is 4.99. The lowest BCUT2D eigenvalue weighted by atomic mass is 10.1. The summed E-state index contributed by atoms with van der Waals surface area (Å²) in [5.41, 5.74) is 0. The van der Waals surface area contributed by atoms with Crippen molar-refractivity contribution in [1.82, 2.24) is 5.32 Å². The second-order valence-electron chi connectivity index (χ2n) is 0.986. The molecule has 1 nitrogen and oxygen atoms in total. The van der Waals surface area contributed by atoms with Gasteiger partial charge < -0.3 is 5.32 Å². The lowest BCUT2D eigenvalue weighted by molar-refractivity contribution is 0.921. The van der Waals surface area contributed by atoms with Gasteiger partial charge >= 0.3 is 0 Å². The van der Waals surface area contributed by atoms with Crippen LogP contribution in [0.4, 0.5) is 0 Å². The first-order valence-electron chi connectivity index (χ1n) is 1.93. The standard InChI is InChI=1S/C4H8BN/c1-6-4-2-3-5/h2-3,6H,4H2,1H3/b3-2+. The van der Waals surface area contributed by atoms with E-state index >= 15 is 0 Å². The largest absolute Gasteiger partial charge is 0.316 e. The Morgan fingerprint density at radius 2 is 2.50 bits per heavy atom. The van der Waals surface area contributed by atoms with Crippen LogP contribution in [-0.2, 0) is 0 Å². The third-order valence-electron chi connectivity index (χ3n) is 0.458. The fraction of sp³-hybridized carbons (Fsp3) is 0.500. The summed E-state index contributed by atoms with van der Waals surface area (Å²) in [6.45, 7) is 0.858. The Kier molecular flexibility index (Phi) is 4.58. The van der Waals surface area contributed by atoms with Gasteiger partial charge in [0.1, 0.15) is 7.85 Å².